The lowest BCUT2D eigenvalue weighted by molar-refractivity contribution is -0.151. The highest BCUT2D eigenvalue weighted by Gasteiger charge is 2.29. The third kappa shape index (κ3) is 4.52. The van der Waals surface area contributed by atoms with E-state index in [0.29, 0.717) is 5.92 Å². The SMILES string of the molecule is COC(=O)C(C)(C)CCN1CCC(Cn2ccnn2)CC1. The summed E-state index contributed by atoms with van der Waals surface area (Å²) in [5.41, 5.74) is -0.396. The molecule has 0 bridgehead atoms. The molecular weight excluding hydrogens is 268 g/mol. The maximum atomic E-state index is 11.7. The van der Waals surface area contributed by atoms with Gasteiger partial charge in [-0.25, -0.2) is 0 Å². The number of carbonyl (C=O) groups is 1. The van der Waals surface area contributed by atoms with Crippen molar-refractivity contribution in [2.75, 3.05) is 26.7 Å². The van der Waals surface area contributed by atoms with E-state index in [4.69, 9.17) is 4.74 Å². The lowest BCUT2D eigenvalue weighted by Crippen LogP contribution is -2.38. The maximum absolute atomic E-state index is 11.7. The number of ether oxygens (including phenoxy) is 1. The molecule has 118 valence electrons. The number of likely N-dealkylation sites (tertiary alicyclic amines) is 1. The predicted octanol–water partition coefficient (Wildman–Crippen LogP) is 1.58. The molecule has 1 aromatic heterocycles. The molecule has 1 saturated heterocycles. The van der Waals surface area contributed by atoms with E-state index in [2.05, 4.69) is 15.2 Å². The third-order valence-electron chi connectivity index (χ3n) is 4.42. The highest BCUT2D eigenvalue weighted by atomic mass is 16.5. The molecule has 21 heavy (non-hydrogen) atoms. The smallest absolute Gasteiger partial charge is 0.311 e. The molecule has 0 saturated carbocycles. The summed E-state index contributed by atoms with van der Waals surface area (Å²) in [6.45, 7) is 8.01. The van der Waals surface area contributed by atoms with Gasteiger partial charge in [0.15, 0.2) is 0 Å². The van der Waals surface area contributed by atoms with E-state index in [1.54, 1.807) is 6.20 Å². The van der Waals surface area contributed by atoms with Crippen molar-refractivity contribution in [3.05, 3.63) is 12.4 Å². The fraction of sp³-hybridized carbons (Fsp3) is 0.800. The van der Waals surface area contributed by atoms with Crippen molar-refractivity contribution in [1.82, 2.24) is 19.9 Å². The summed E-state index contributed by atoms with van der Waals surface area (Å²) in [6.07, 6.45) is 6.85. The van der Waals surface area contributed by atoms with Gasteiger partial charge in [0.25, 0.3) is 0 Å². The number of piperidine rings is 1. The summed E-state index contributed by atoms with van der Waals surface area (Å²) in [4.78, 5) is 14.1. The van der Waals surface area contributed by atoms with Crippen molar-refractivity contribution in [1.29, 1.82) is 0 Å². The minimum atomic E-state index is -0.396. The van der Waals surface area contributed by atoms with Gasteiger partial charge in [-0.15, -0.1) is 5.10 Å². The lowest BCUT2D eigenvalue weighted by Gasteiger charge is -2.33. The summed E-state index contributed by atoms with van der Waals surface area (Å²) in [6, 6.07) is 0. The Kier molecular flexibility index (Phi) is 5.33. The number of nitrogens with zero attached hydrogens (tertiary/aromatic N) is 4. The van der Waals surface area contributed by atoms with Gasteiger partial charge >= 0.3 is 5.97 Å². The van der Waals surface area contributed by atoms with Crippen molar-refractivity contribution in [2.24, 2.45) is 11.3 Å². The Balaban J connectivity index is 1.70. The zero-order chi connectivity index (χ0) is 15.3. The summed E-state index contributed by atoms with van der Waals surface area (Å²) in [7, 11) is 1.46. The van der Waals surface area contributed by atoms with Crippen LogP contribution in [0.15, 0.2) is 12.4 Å². The second kappa shape index (κ2) is 7.02. The number of carbonyl (C=O) groups excluding carboxylic acids is 1. The zero-order valence-electron chi connectivity index (χ0n) is 13.3. The zero-order valence-corrected chi connectivity index (χ0v) is 13.3. The average Bonchev–Trinajstić information content (AvgIpc) is 2.98. The van der Waals surface area contributed by atoms with Crippen LogP contribution < -0.4 is 0 Å². The predicted molar refractivity (Wildman–Crippen MR) is 79.6 cm³/mol. The Morgan fingerprint density at radius 2 is 2.10 bits per heavy atom. The van der Waals surface area contributed by atoms with Crippen molar-refractivity contribution < 1.29 is 9.53 Å². The molecule has 0 aromatic carbocycles. The van der Waals surface area contributed by atoms with Gasteiger partial charge in [0.05, 0.1) is 18.7 Å². The van der Waals surface area contributed by atoms with Crippen LogP contribution >= 0.6 is 0 Å². The number of methoxy groups -OCH3 is 1. The second-order valence-electron chi connectivity index (χ2n) is 6.54. The molecule has 1 aliphatic heterocycles. The van der Waals surface area contributed by atoms with E-state index in [-0.39, 0.29) is 5.97 Å². The van der Waals surface area contributed by atoms with Gasteiger partial charge in [0, 0.05) is 12.7 Å². The largest absolute Gasteiger partial charge is 0.469 e. The van der Waals surface area contributed by atoms with Crippen LogP contribution in [0.1, 0.15) is 33.1 Å². The fourth-order valence-corrected chi connectivity index (χ4v) is 2.80. The van der Waals surface area contributed by atoms with Crippen molar-refractivity contribution in [3.8, 4) is 0 Å². The first-order valence-corrected chi connectivity index (χ1v) is 7.66. The van der Waals surface area contributed by atoms with Crippen molar-refractivity contribution in [2.45, 2.75) is 39.7 Å². The van der Waals surface area contributed by atoms with E-state index in [1.165, 1.54) is 20.0 Å². The van der Waals surface area contributed by atoms with Gasteiger partial charge in [0.1, 0.15) is 0 Å². The van der Waals surface area contributed by atoms with Gasteiger partial charge < -0.3 is 9.64 Å². The summed E-state index contributed by atoms with van der Waals surface area (Å²) in [5.74, 6) is 0.556. The molecular formula is C15H26N4O2. The van der Waals surface area contributed by atoms with E-state index < -0.39 is 5.41 Å². The molecule has 0 N–H and O–H groups in total. The molecule has 6 heteroatoms. The summed E-state index contributed by atoms with van der Waals surface area (Å²) >= 11 is 0. The lowest BCUT2D eigenvalue weighted by atomic mass is 9.88. The van der Waals surface area contributed by atoms with E-state index in [9.17, 15) is 4.79 Å². The van der Waals surface area contributed by atoms with E-state index >= 15 is 0 Å². The molecule has 0 radical (unpaired) electrons. The number of esters is 1. The van der Waals surface area contributed by atoms with Crippen LogP contribution in [-0.4, -0.2) is 52.6 Å². The minimum absolute atomic E-state index is 0.122. The summed E-state index contributed by atoms with van der Waals surface area (Å²) in [5, 5.41) is 7.87. The minimum Gasteiger partial charge on any atom is -0.469 e. The molecule has 0 amide bonds. The van der Waals surface area contributed by atoms with Crippen LogP contribution in [0.5, 0.6) is 0 Å². The Labute approximate surface area is 126 Å². The highest BCUT2D eigenvalue weighted by molar-refractivity contribution is 5.75. The third-order valence-corrected chi connectivity index (χ3v) is 4.42. The standard InChI is InChI=1S/C15H26N4O2/c1-15(2,14(20)21-3)6-10-18-8-4-13(5-9-18)12-19-11-7-16-17-19/h7,11,13H,4-6,8-10,12H2,1-3H3. The summed E-state index contributed by atoms with van der Waals surface area (Å²) < 4.78 is 6.77. The van der Waals surface area contributed by atoms with Gasteiger partial charge in [-0.05, 0) is 58.7 Å². The van der Waals surface area contributed by atoms with Crippen molar-refractivity contribution in [3.63, 3.8) is 0 Å². The monoisotopic (exact) mass is 294 g/mol. The first-order valence-electron chi connectivity index (χ1n) is 7.66. The Morgan fingerprint density at radius 1 is 1.38 bits per heavy atom. The van der Waals surface area contributed by atoms with E-state index in [0.717, 1.165) is 32.6 Å². The molecule has 2 heterocycles. The van der Waals surface area contributed by atoms with Gasteiger partial charge in [0.2, 0.25) is 0 Å². The van der Waals surface area contributed by atoms with Crippen LogP contribution in [0.4, 0.5) is 0 Å². The van der Waals surface area contributed by atoms with Crippen molar-refractivity contribution >= 4 is 5.97 Å². The van der Waals surface area contributed by atoms with Crippen LogP contribution in [-0.2, 0) is 16.1 Å². The molecule has 6 nitrogen and oxygen atoms in total. The maximum Gasteiger partial charge on any atom is 0.311 e. The quantitative estimate of drug-likeness (QED) is 0.746. The first kappa shape index (κ1) is 15.9. The fourth-order valence-electron chi connectivity index (χ4n) is 2.80. The van der Waals surface area contributed by atoms with Crippen LogP contribution in [0.3, 0.4) is 0 Å². The molecule has 0 aliphatic carbocycles. The normalized spacial score (nSPS) is 17.9. The topological polar surface area (TPSA) is 60.2 Å². The Hall–Kier alpha value is -1.43. The first-order chi connectivity index (χ1) is 10.0. The highest BCUT2D eigenvalue weighted by Crippen LogP contribution is 2.25. The van der Waals surface area contributed by atoms with Gasteiger partial charge in [-0.3, -0.25) is 9.48 Å². The number of aromatic nitrogens is 3. The molecule has 0 unspecified atom stereocenters. The molecule has 1 fully saturated rings. The molecule has 2 rings (SSSR count). The van der Waals surface area contributed by atoms with Gasteiger partial charge in [-0.2, -0.15) is 0 Å². The Bertz CT molecular complexity index is 437. The van der Waals surface area contributed by atoms with Crippen LogP contribution in [0, 0.1) is 11.3 Å². The van der Waals surface area contributed by atoms with Crippen LogP contribution in [0.2, 0.25) is 0 Å². The number of hydrogen-bond acceptors (Lipinski definition) is 5. The Morgan fingerprint density at radius 3 is 2.67 bits per heavy atom. The molecule has 1 aromatic rings. The molecule has 1 aliphatic rings. The van der Waals surface area contributed by atoms with Gasteiger partial charge in [-0.1, -0.05) is 5.21 Å². The number of rotatable bonds is 6. The number of hydrogen-bond donors (Lipinski definition) is 0. The molecule has 0 spiro atoms. The van der Waals surface area contributed by atoms with Crippen LogP contribution in [0.25, 0.3) is 0 Å². The second-order valence-corrected chi connectivity index (χ2v) is 6.54. The average molecular weight is 294 g/mol. The van der Waals surface area contributed by atoms with E-state index in [1.807, 2.05) is 24.7 Å². The molecule has 0 atom stereocenters.